The zero-order valence-electron chi connectivity index (χ0n) is 13.3. The molecule has 0 radical (unpaired) electrons. The molecule has 0 aliphatic heterocycles. The molecule has 6 heteroatoms. The summed E-state index contributed by atoms with van der Waals surface area (Å²) in [5, 5.41) is 8.00. The van der Waals surface area contributed by atoms with Crippen molar-refractivity contribution in [2.75, 3.05) is 5.32 Å². The van der Waals surface area contributed by atoms with E-state index in [2.05, 4.69) is 39.2 Å². The van der Waals surface area contributed by atoms with E-state index in [0.29, 0.717) is 5.65 Å². The summed E-state index contributed by atoms with van der Waals surface area (Å²) < 4.78 is 1.92. The third-order valence-corrected chi connectivity index (χ3v) is 3.98. The standard InChI is InChI=1S/C16H20N6/c1-5-12(15-10(2)21-22(4)11(15)3)19-14-7-6-13-16(20-14)18-9-8-17-13/h6-9,12H,5H2,1-4H3,(H,18,19,20). The molecule has 0 saturated heterocycles. The highest BCUT2D eigenvalue weighted by Crippen LogP contribution is 2.27. The molecule has 0 aliphatic carbocycles. The fraction of sp³-hybridized carbons (Fsp3) is 0.375. The molecule has 0 aliphatic rings. The molecule has 0 amide bonds. The lowest BCUT2D eigenvalue weighted by Crippen LogP contribution is -2.13. The van der Waals surface area contributed by atoms with Crippen LogP contribution in [0.25, 0.3) is 11.2 Å². The Morgan fingerprint density at radius 2 is 1.95 bits per heavy atom. The van der Waals surface area contributed by atoms with E-state index < -0.39 is 0 Å². The Bertz CT molecular complexity index is 808. The topological polar surface area (TPSA) is 68.5 Å². The third kappa shape index (κ3) is 2.52. The van der Waals surface area contributed by atoms with Crippen LogP contribution >= 0.6 is 0 Å². The summed E-state index contributed by atoms with van der Waals surface area (Å²) in [7, 11) is 1.97. The molecule has 0 aromatic carbocycles. The molecule has 0 spiro atoms. The summed E-state index contributed by atoms with van der Waals surface area (Å²) in [6, 6.07) is 4.06. The second-order valence-electron chi connectivity index (χ2n) is 5.41. The van der Waals surface area contributed by atoms with E-state index in [1.165, 1.54) is 11.3 Å². The number of aryl methyl sites for hydroxylation is 2. The maximum atomic E-state index is 4.54. The Labute approximate surface area is 129 Å². The van der Waals surface area contributed by atoms with Gasteiger partial charge in [-0.2, -0.15) is 5.10 Å². The highest BCUT2D eigenvalue weighted by atomic mass is 15.3. The van der Waals surface area contributed by atoms with Gasteiger partial charge < -0.3 is 5.32 Å². The number of hydrogen-bond acceptors (Lipinski definition) is 5. The van der Waals surface area contributed by atoms with E-state index >= 15 is 0 Å². The molecule has 6 nitrogen and oxygen atoms in total. The molecule has 114 valence electrons. The lowest BCUT2D eigenvalue weighted by molar-refractivity contribution is 0.714. The van der Waals surface area contributed by atoms with Gasteiger partial charge in [0.15, 0.2) is 5.65 Å². The van der Waals surface area contributed by atoms with Crippen molar-refractivity contribution in [3.05, 3.63) is 41.5 Å². The monoisotopic (exact) mass is 296 g/mol. The van der Waals surface area contributed by atoms with Crippen molar-refractivity contribution in [2.45, 2.75) is 33.2 Å². The van der Waals surface area contributed by atoms with Gasteiger partial charge in [0.05, 0.1) is 11.7 Å². The van der Waals surface area contributed by atoms with Crippen LogP contribution in [-0.4, -0.2) is 24.7 Å². The zero-order valence-corrected chi connectivity index (χ0v) is 13.3. The van der Waals surface area contributed by atoms with Crippen LogP contribution in [0.1, 0.15) is 36.3 Å². The van der Waals surface area contributed by atoms with Crippen molar-refractivity contribution in [3.63, 3.8) is 0 Å². The number of fused-ring (bicyclic) bond motifs is 1. The fourth-order valence-corrected chi connectivity index (χ4v) is 2.79. The van der Waals surface area contributed by atoms with E-state index in [-0.39, 0.29) is 6.04 Å². The van der Waals surface area contributed by atoms with Crippen LogP contribution in [0.2, 0.25) is 0 Å². The quantitative estimate of drug-likeness (QED) is 0.801. The summed E-state index contributed by atoms with van der Waals surface area (Å²) in [6.45, 7) is 6.30. The Kier molecular flexibility index (Phi) is 3.75. The fourth-order valence-electron chi connectivity index (χ4n) is 2.79. The van der Waals surface area contributed by atoms with E-state index in [1.807, 2.05) is 30.8 Å². The van der Waals surface area contributed by atoms with Crippen molar-refractivity contribution >= 4 is 17.0 Å². The summed E-state index contributed by atoms with van der Waals surface area (Å²) in [5.74, 6) is 0.808. The van der Waals surface area contributed by atoms with Crippen molar-refractivity contribution < 1.29 is 0 Å². The maximum absolute atomic E-state index is 4.54. The normalized spacial score (nSPS) is 12.5. The SMILES string of the molecule is CCC(Nc1ccc2nccnc2n1)c1c(C)nn(C)c1C. The van der Waals surface area contributed by atoms with Gasteiger partial charge in [-0.05, 0) is 32.4 Å². The highest BCUT2D eigenvalue weighted by Gasteiger charge is 2.19. The van der Waals surface area contributed by atoms with E-state index in [1.54, 1.807) is 12.4 Å². The van der Waals surface area contributed by atoms with Crippen molar-refractivity contribution in [1.82, 2.24) is 24.7 Å². The first kappa shape index (κ1) is 14.4. The van der Waals surface area contributed by atoms with Gasteiger partial charge in [0.2, 0.25) is 0 Å². The van der Waals surface area contributed by atoms with Crippen LogP contribution in [0.15, 0.2) is 24.5 Å². The Morgan fingerprint density at radius 1 is 1.18 bits per heavy atom. The number of anilines is 1. The second kappa shape index (κ2) is 5.71. The van der Waals surface area contributed by atoms with Crippen molar-refractivity contribution in [1.29, 1.82) is 0 Å². The van der Waals surface area contributed by atoms with Gasteiger partial charge in [-0.15, -0.1) is 0 Å². The smallest absolute Gasteiger partial charge is 0.180 e. The van der Waals surface area contributed by atoms with Gasteiger partial charge in [-0.3, -0.25) is 9.67 Å². The Balaban J connectivity index is 1.94. The predicted octanol–water partition coefficient (Wildman–Crippen LogP) is 2.94. The number of rotatable bonds is 4. The maximum Gasteiger partial charge on any atom is 0.180 e. The molecule has 3 aromatic rings. The molecule has 1 atom stereocenters. The molecular weight excluding hydrogens is 276 g/mol. The van der Waals surface area contributed by atoms with Crippen molar-refractivity contribution in [3.8, 4) is 0 Å². The van der Waals surface area contributed by atoms with Gasteiger partial charge in [0, 0.05) is 30.7 Å². The zero-order chi connectivity index (χ0) is 15.7. The van der Waals surface area contributed by atoms with Crippen molar-refractivity contribution in [2.24, 2.45) is 7.05 Å². The lowest BCUT2D eigenvalue weighted by Gasteiger charge is -2.18. The largest absolute Gasteiger partial charge is 0.363 e. The molecule has 3 aromatic heterocycles. The number of nitrogens with zero attached hydrogens (tertiary/aromatic N) is 5. The van der Waals surface area contributed by atoms with Crippen LogP contribution in [0.5, 0.6) is 0 Å². The van der Waals surface area contributed by atoms with Gasteiger partial charge >= 0.3 is 0 Å². The number of hydrogen-bond donors (Lipinski definition) is 1. The Morgan fingerprint density at radius 3 is 2.64 bits per heavy atom. The second-order valence-corrected chi connectivity index (χ2v) is 5.41. The summed E-state index contributed by atoms with van der Waals surface area (Å²) in [6.07, 6.45) is 4.29. The predicted molar refractivity (Wildman–Crippen MR) is 86.7 cm³/mol. The highest BCUT2D eigenvalue weighted by molar-refractivity contribution is 5.71. The summed E-state index contributed by atoms with van der Waals surface area (Å²) in [5.41, 5.74) is 4.93. The van der Waals surface area contributed by atoms with Gasteiger partial charge in [0.1, 0.15) is 11.3 Å². The van der Waals surface area contributed by atoms with Crippen LogP contribution in [0, 0.1) is 13.8 Å². The van der Waals surface area contributed by atoms with E-state index in [0.717, 1.165) is 23.4 Å². The average Bonchev–Trinajstić information content (AvgIpc) is 2.78. The lowest BCUT2D eigenvalue weighted by atomic mass is 10.0. The van der Waals surface area contributed by atoms with Gasteiger partial charge in [0.25, 0.3) is 0 Å². The van der Waals surface area contributed by atoms with E-state index in [4.69, 9.17) is 0 Å². The van der Waals surface area contributed by atoms with E-state index in [9.17, 15) is 0 Å². The molecule has 22 heavy (non-hydrogen) atoms. The molecule has 3 rings (SSSR count). The minimum Gasteiger partial charge on any atom is -0.363 e. The van der Waals surface area contributed by atoms with Gasteiger partial charge in [-0.1, -0.05) is 6.92 Å². The molecule has 0 fully saturated rings. The number of nitrogens with one attached hydrogen (secondary N) is 1. The number of pyridine rings is 1. The molecule has 0 bridgehead atoms. The third-order valence-electron chi connectivity index (χ3n) is 3.98. The molecule has 3 heterocycles. The molecule has 0 saturated carbocycles. The van der Waals surface area contributed by atoms with Crippen LogP contribution < -0.4 is 5.32 Å². The first-order valence-corrected chi connectivity index (χ1v) is 7.44. The van der Waals surface area contributed by atoms with Crippen LogP contribution in [-0.2, 0) is 7.05 Å². The van der Waals surface area contributed by atoms with Gasteiger partial charge in [-0.25, -0.2) is 9.97 Å². The first-order chi connectivity index (χ1) is 10.6. The van der Waals surface area contributed by atoms with Crippen LogP contribution in [0.4, 0.5) is 5.82 Å². The first-order valence-electron chi connectivity index (χ1n) is 7.44. The average molecular weight is 296 g/mol. The van der Waals surface area contributed by atoms with Crippen LogP contribution in [0.3, 0.4) is 0 Å². The Hall–Kier alpha value is -2.50. The molecule has 1 unspecified atom stereocenters. The number of aromatic nitrogens is 5. The summed E-state index contributed by atoms with van der Waals surface area (Å²) in [4.78, 5) is 13.0. The summed E-state index contributed by atoms with van der Waals surface area (Å²) >= 11 is 0. The minimum atomic E-state index is 0.176. The molecule has 1 N–H and O–H groups in total. The molecular formula is C16H20N6. The minimum absolute atomic E-state index is 0.176.